The quantitative estimate of drug-likeness (QED) is 0.377. The Balaban J connectivity index is 1.97. The molecule has 1 fully saturated rings. The smallest absolute Gasteiger partial charge is 0.410 e. The van der Waals surface area contributed by atoms with Crippen LogP contribution in [0, 0.1) is 18.7 Å². The van der Waals surface area contributed by atoms with Crippen LogP contribution in [-0.4, -0.2) is 42.9 Å². The minimum atomic E-state index is -0.573. The molecule has 1 heterocycles. The van der Waals surface area contributed by atoms with Gasteiger partial charge in [-0.3, -0.25) is 0 Å². The first-order chi connectivity index (χ1) is 16.6. The van der Waals surface area contributed by atoms with E-state index >= 15 is 4.39 Å². The minimum absolute atomic E-state index is 0.0453. The molecule has 2 unspecified atom stereocenters. The van der Waals surface area contributed by atoms with Crippen LogP contribution in [0.1, 0.15) is 57.8 Å². The number of halogens is 1. The molecule has 0 N–H and O–H groups in total. The van der Waals surface area contributed by atoms with Crippen LogP contribution >= 0.6 is 0 Å². The minimum Gasteiger partial charge on any atom is -0.496 e. The predicted octanol–water partition coefficient (Wildman–Crippen LogP) is 7.06. The van der Waals surface area contributed by atoms with Gasteiger partial charge in [-0.2, -0.15) is 0 Å². The molecule has 0 aliphatic carbocycles. The van der Waals surface area contributed by atoms with Gasteiger partial charge in [0.2, 0.25) is 0 Å². The van der Waals surface area contributed by atoms with E-state index in [1.807, 2.05) is 65.0 Å². The molecule has 0 spiro atoms. The zero-order chi connectivity index (χ0) is 25.6. The van der Waals surface area contributed by atoms with Gasteiger partial charge in [0.25, 0.3) is 0 Å². The molecule has 0 bridgehead atoms. The van der Waals surface area contributed by atoms with E-state index < -0.39 is 11.7 Å². The Morgan fingerprint density at radius 1 is 1.23 bits per heavy atom. The predicted molar refractivity (Wildman–Crippen MR) is 137 cm³/mol. The average Bonchev–Trinajstić information content (AvgIpc) is 2.78. The van der Waals surface area contributed by atoms with E-state index in [1.165, 1.54) is 6.07 Å². The Labute approximate surface area is 208 Å². The summed E-state index contributed by atoms with van der Waals surface area (Å²) in [6, 6.07) is 12.9. The molecular formula is C29H38FNO4. The molecule has 190 valence electrons. The van der Waals surface area contributed by atoms with E-state index in [9.17, 15) is 4.79 Å². The van der Waals surface area contributed by atoms with Crippen LogP contribution in [0.2, 0.25) is 0 Å². The Morgan fingerprint density at radius 2 is 1.97 bits per heavy atom. The van der Waals surface area contributed by atoms with Crippen molar-refractivity contribution < 1.29 is 23.4 Å². The third-order valence-corrected chi connectivity index (χ3v) is 5.97. The van der Waals surface area contributed by atoms with Crippen molar-refractivity contribution in [3.63, 3.8) is 0 Å². The Hall–Kier alpha value is -2.86. The second-order valence-electron chi connectivity index (χ2n) is 10.1. The Morgan fingerprint density at radius 3 is 2.66 bits per heavy atom. The molecule has 2 aromatic carbocycles. The summed E-state index contributed by atoms with van der Waals surface area (Å²) in [4.78, 5) is 14.6. The summed E-state index contributed by atoms with van der Waals surface area (Å²) < 4.78 is 32.8. The van der Waals surface area contributed by atoms with Gasteiger partial charge in [-0.05, 0) is 64.7 Å². The van der Waals surface area contributed by atoms with Gasteiger partial charge in [-0.15, -0.1) is 0 Å². The molecule has 5 nitrogen and oxygen atoms in total. The summed E-state index contributed by atoms with van der Waals surface area (Å²) in [5.74, 6) is 0.173. The highest BCUT2D eigenvalue weighted by molar-refractivity contribution is 5.70. The molecule has 2 atom stereocenters. The largest absolute Gasteiger partial charge is 0.496 e. The van der Waals surface area contributed by atoms with Crippen molar-refractivity contribution in [2.45, 2.75) is 59.2 Å². The monoisotopic (exact) mass is 483 g/mol. The lowest BCUT2D eigenvalue weighted by atomic mass is 9.84. The highest BCUT2D eigenvalue weighted by Gasteiger charge is 2.34. The van der Waals surface area contributed by atoms with Crippen LogP contribution in [0.4, 0.5) is 9.18 Å². The lowest BCUT2D eigenvalue weighted by Gasteiger charge is -2.38. The lowest BCUT2D eigenvalue weighted by Crippen LogP contribution is -2.44. The zero-order valence-corrected chi connectivity index (χ0v) is 21.6. The third kappa shape index (κ3) is 7.31. The topological polar surface area (TPSA) is 48.0 Å². The SMILES string of the molecule is C=C(COC(c1cccc(F)c1-c1cccc(C)c1)C1CCCN(C(=O)OC(C)(C)C)C1)OCC. The molecule has 0 aromatic heterocycles. The number of aryl methyl sites for hydroxylation is 1. The summed E-state index contributed by atoms with van der Waals surface area (Å²) >= 11 is 0. The van der Waals surface area contributed by atoms with Crippen molar-refractivity contribution in [2.75, 3.05) is 26.3 Å². The van der Waals surface area contributed by atoms with Crippen molar-refractivity contribution in [1.29, 1.82) is 0 Å². The Kier molecular flexibility index (Phi) is 8.95. The fourth-order valence-electron chi connectivity index (χ4n) is 4.54. The van der Waals surface area contributed by atoms with Crippen LogP contribution in [0.15, 0.2) is 54.8 Å². The van der Waals surface area contributed by atoms with Gasteiger partial charge in [-0.25, -0.2) is 9.18 Å². The van der Waals surface area contributed by atoms with E-state index in [0.717, 1.165) is 29.5 Å². The molecule has 1 aliphatic heterocycles. The number of piperidine rings is 1. The molecular weight excluding hydrogens is 445 g/mol. The standard InChI is InChI=1S/C29H38FNO4/c1-7-33-21(3)19-34-27(23-13-10-16-31(18-23)28(32)35-29(4,5)6)24-14-9-15-25(30)26(24)22-12-8-11-20(2)17-22/h8-9,11-12,14-15,17,23,27H,3,7,10,13,16,18-19H2,1-2,4-6H3. The molecule has 1 aliphatic rings. The zero-order valence-electron chi connectivity index (χ0n) is 21.6. The van der Waals surface area contributed by atoms with Gasteiger partial charge in [0.1, 0.15) is 23.8 Å². The van der Waals surface area contributed by atoms with E-state index in [4.69, 9.17) is 14.2 Å². The Bertz CT molecular complexity index is 1030. The van der Waals surface area contributed by atoms with Crippen LogP contribution in [0.5, 0.6) is 0 Å². The van der Waals surface area contributed by atoms with Crippen molar-refractivity contribution >= 4 is 6.09 Å². The maximum absolute atomic E-state index is 15.3. The third-order valence-electron chi connectivity index (χ3n) is 5.97. The number of carbonyl (C=O) groups excluding carboxylic acids is 1. The number of amides is 1. The highest BCUT2D eigenvalue weighted by atomic mass is 19.1. The summed E-state index contributed by atoms with van der Waals surface area (Å²) in [6.45, 7) is 15.2. The van der Waals surface area contributed by atoms with Crippen molar-refractivity contribution in [3.05, 3.63) is 71.7 Å². The molecule has 35 heavy (non-hydrogen) atoms. The summed E-state index contributed by atoms with van der Waals surface area (Å²) in [7, 11) is 0. The number of likely N-dealkylation sites (tertiary alicyclic amines) is 1. The van der Waals surface area contributed by atoms with Crippen LogP contribution < -0.4 is 0 Å². The average molecular weight is 484 g/mol. The van der Waals surface area contributed by atoms with Gasteiger partial charge in [-0.1, -0.05) is 48.5 Å². The molecule has 1 saturated heterocycles. The second kappa shape index (κ2) is 11.7. The normalized spacial score (nSPS) is 17.1. The van der Waals surface area contributed by atoms with Gasteiger partial charge in [0.15, 0.2) is 0 Å². The van der Waals surface area contributed by atoms with E-state index in [-0.39, 0.29) is 24.4 Å². The molecule has 0 radical (unpaired) electrons. The van der Waals surface area contributed by atoms with Gasteiger partial charge in [0.05, 0.1) is 12.7 Å². The fourth-order valence-corrected chi connectivity index (χ4v) is 4.54. The number of rotatable bonds is 8. The number of nitrogens with zero attached hydrogens (tertiary/aromatic N) is 1. The maximum Gasteiger partial charge on any atom is 0.410 e. The number of hydrogen-bond donors (Lipinski definition) is 0. The van der Waals surface area contributed by atoms with Crippen LogP contribution in [0.25, 0.3) is 11.1 Å². The van der Waals surface area contributed by atoms with Crippen LogP contribution in [-0.2, 0) is 14.2 Å². The molecule has 0 saturated carbocycles. The number of hydrogen-bond acceptors (Lipinski definition) is 4. The number of carbonyl (C=O) groups is 1. The van der Waals surface area contributed by atoms with Crippen molar-refractivity contribution in [3.8, 4) is 11.1 Å². The lowest BCUT2D eigenvalue weighted by molar-refractivity contribution is -0.0278. The number of benzene rings is 2. The summed E-state index contributed by atoms with van der Waals surface area (Å²) in [5.41, 5.74) is 2.56. The van der Waals surface area contributed by atoms with E-state index in [1.54, 1.807) is 11.0 Å². The molecule has 3 rings (SSSR count). The molecule has 6 heteroatoms. The summed E-state index contributed by atoms with van der Waals surface area (Å²) in [6.07, 6.45) is 0.863. The second-order valence-corrected chi connectivity index (χ2v) is 10.1. The maximum atomic E-state index is 15.3. The fraction of sp³-hybridized carbons (Fsp3) is 0.483. The first-order valence-corrected chi connectivity index (χ1v) is 12.3. The van der Waals surface area contributed by atoms with Crippen molar-refractivity contribution in [2.24, 2.45) is 5.92 Å². The van der Waals surface area contributed by atoms with Gasteiger partial charge in [0, 0.05) is 24.6 Å². The summed E-state index contributed by atoms with van der Waals surface area (Å²) in [5, 5.41) is 0. The molecule has 1 amide bonds. The van der Waals surface area contributed by atoms with Crippen LogP contribution in [0.3, 0.4) is 0 Å². The van der Waals surface area contributed by atoms with E-state index in [2.05, 4.69) is 6.58 Å². The highest BCUT2D eigenvalue weighted by Crippen LogP contribution is 2.40. The number of ether oxygens (including phenoxy) is 3. The van der Waals surface area contributed by atoms with Crippen molar-refractivity contribution in [1.82, 2.24) is 4.90 Å². The first kappa shape index (κ1) is 26.7. The molecule has 2 aromatic rings. The van der Waals surface area contributed by atoms with E-state index in [0.29, 0.717) is 31.0 Å². The van der Waals surface area contributed by atoms with Gasteiger partial charge >= 0.3 is 6.09 Å². The first-order valence-electron chi connectivity index (χ1n) is 12.3. The van der Waals surface area contributed by atoms with Gasteiger partial charge < -0.3 is 19.1 Å².